The molecule has 0 aromatic heterocycles. The Kier molecular flexibility index (Phi) is 4.80. The lowest BCUT2D eigenvalue weighted by molar-refractivity contribution is 0.690. The van der Waals surface area contributed by atoms with Gasteiger partial charge in [-0.1, -0.05) is 48.5 Å². The molecule has 0 bridgehead atoms. The molecule has 0 aliphatic rings. The number of hydrogen-bond acceptors (Lipinski definition) is 1. The Hall–Kier alpha value is -1.31. The van der Waals surface area contributed by atoms with Gasteiger partial charge >= 0.3 is 0 Å². The second kappa shape index (κ2) is 6.58. The van der Waals surface area contributed by atoms with Crippen molar-refractivity contribution in [2.24, 2.45) is 0 Å². The summed E-state index contributed by atoms with van der Waals surface area (Å²) in [5.41, 5.74) is 5.15. The summed E-state index contributed by atoms with van der Waals surface area (Å²) in [6.45, 7) is 3.94. The molecular weight excluding hydrogens is 242 g/mol. The molecule has 0 amide bonds. The molecule has 0 saturated carbocycles. The lowest BCUT2D eigenvalue weighted by Crippen LogP contribution is -2.13. The molecule has 0 aliphatic heterocycles. The van der Waals surface area contributed by atoms with Crippen LogP contribution in [-0.2, 0) is 19.0 Å². The van der Waals surface area contributed by atoms with E-state index in [1.807, 2.05) is 0 Å². The summed E-state index contributed by atoms with van der Waals surface area (Å²) in [4.78, 5) is 0. The first-order valence-corrected chi connectivity index (χ1v) is 6.72. The van der Waals surface area contributed by atoms with Crippen molar-refractivity contribution in [2.75, 3.05) is 0 Å². The molecule has 94 valence electrons. The second-order valence-corrected chi connectivity index (χ2v) is 4.75. The van der Waals surface area contributed by atoms with Crippen LogP contribution in [0.1, 0.15) is 22.3 Å². The summed E-state index contributed by atoms with van der Waals surface area (Å²) >= 11 is 5.77. The number of halogens is 1. The van der Waals surface area contributed by atoms with Crippen molar-refractivity contribution < 1.29 is 0 Å². The highest BCUT2D eigenvalue weighted by molar-refractivity contribution is 6.17. The molecule has 2 aromatic carbocycles. The lowest BCUT2D eigenvalue weighted by atomic mass is 10.1. The van der Waals surface area contributed by atoms with E-state index in [1.54, 1.807) is 0 Å². The third-order valence-corrected chi connectivity index (χ3v) is 3.39. The molecule has 0 atom stereocenters. The van der Waals surface area contributed by atoms with Gasteiger partial charge in [0.2, 0.25) is 0 Å². The van der Waals surface area contributed by atoms with E-state index in [4.69, 9.17) is 11.6 Å². The van der Waals surface area contributed by atoms with Gasteiger partial charge in [0, 0.05) is 19.0 Å². The molecule has 0 spiro atoms. The normalized spacial score (nSPS) is 10.6. The zero-order valence-corrected chi connectivity index (χ0v) is 11.4. The number of rotatable bonds is 5. The van der Waals surface area contributed by atoms with E-state index in [1.165, 1.54) is 22.3 Å². The molecule has 18 heavy (non-hydrogen) atoms. The summed E-state index contributed by atoms with van der Waals surface area (Å²) in [5, 5.41) is 3.46. The zero-order valence-electron chi connectivity index (χ0n) is 10.6. The molecule has 0 fully saturated rings. The molecule has 2 aromatic rings. The van der Waals surface area contributed by atoms with Crippen LogP contribution >= 0.6 is 11.6 Å². The SMILES string of the molecule is Cc1ccccc1CNCc1ccc(CCl)cc1. The minimum absolute atomic E-state index is 0.580. The highest BCUT2D eigenvalue weighted by Crippen LogP contribution is 2.08. The van der Waals surface area contributed by atoms with Crippen LogP contribution in [0.25, 0.3) is 0 Å². The maximum atomic E-state index is 5.77. The molecule has 2 heteroatoms. The predicted octanol–water partition coefficient (Wildman–Crippen LogP) is 4.02. The van der Waals surface area contributed by atoms with Crippen LogP contribution in [0.3, 0.4) is 0 Å². The van der Waals surface area contributed by atoms with Gasteiger partial charge in [-0.25, -0.2) is 0 Å². The Labute approximate surface area is 114 Å². The number of hydrogen-bond donors (Lipinski definition) is 1. The summed E-state index contributed by atoms with van der Waals surface area (Å²) in [6.07, 6.45) is 0. The number of aryl methyl sites for hydroxylation is 1. The lowest BCUT2D eigenvalue weighted by Gasteiger charge is -2.08. The number of nitrogens with one attached hydrogen (secondary N) is 1. The summed E-state index contributed by atoms with van der Waals surface area (Å²) in [6, 6.07) is 16.9. The van der Waals surface area contributed by atoms with Crippen molar-refractivity contribution in [1.82, 2.24) is 5.32 Å². The molecule has 1 N–H and O–H groups in total. The molecule has 2 rings (SSSR count). The van der Waals surface area contributed by atoms with Gasteiger partial charge in [0.1, 0.15) is 0 Å². The van der Waals surface area contributed by atoms with E-state index in [2.05, 4.69) is 60.8 Å². The quantitative estimate of drug-likeness (QED) is 0.800. The van der Waals surface area contributed by atoms with Crippen LogP contribution in [0.15, 0.2) is 48.5 Å². The molecular formula is C16H18ClN. The van der Waals surface area contributed by atoms with Crippen molar-refractivity contribution in [2.45, 2.75) is 25.9 Å². The van der Waals surface area contributed by atoms with Gasteiger partial charge in [-0.2, -0.15) is 0 Å². The Morgan fingerprint density at radius 1 is 0.889 bits per heavy atom. The Bertz CT molecular complexity index is 491. The smallest absolute Gasteiger partial charge is 0.0474 e. The fraction of sp³-hybridized carbons (Fsp3) is 0.250. The molecule has 0 saturated heterocycles. The van der Waals surface area contributed by atoms with E-state index in [0.717, 1.165) is 13.1 Å². The largest absolute Gasteiger partial charge is 0.309 e. The van der Waals surface area contributed by atoms with Crippen molar-refractivity contribution in [3.05, 3.63) is 70.8 Å². The average Bonchev–Trinajstić information content (AvgIpc) is 2.42. The van der Waals surface area contributed by atoms with Gasteiger partial charge in [-0.3, -0.25) is 0 Å². The molecule has 0 unspecified atom stereocenters. The van der Waals surface area contributed by atoms with Crippen molar-refractivity contribution >= 4 is 11.6 Å². The van der Waals surface area contributed by atoms with Crippen LogP contribution in [-0.4, -0.2) is 0 Å². The summed E-state index contributed by atoms with van der Waals surface area (Å²) in [7, 11) is 0. The fourth-order valence-corrected chi connectivity index (χ4v) is 2.07. The minimum atomic E-state index is 0.580. The van der Waals surface area contributed by atoms with Crippen molar-refractivity contribution in [3.63, 3.8) is 0 Å². The first kappa shape index (κ1) is 13.1. The molecule has 0 radical (unpaired) electrons. The molecule has 0 aliphatic carbocycles. The predicted molar refractivity (Wildman–Crippen MR) is 77.7 cm³/mol. The van der Waals surface area contributed by atoms with Crippen molar-refractivity contribution in [3.8, 4) is 0 Å². The van der Waals surface area contributed by atoms with Crippen LogP contribution in [0.4, 0.5) is 0 Å². The third-order valence-electron chi connectivity index (χ3n) is 3.08. The van der Waals surface area contributed by atoms with Crippen molar-refractivity contribution in [1.29, 1.82) is 0 Å². The highest BCUT2D eigenvalue weighted by atomic mass is 35.5. The molecule has 0 heterocycles. The van der Waals surface area contributed by atoms with Crippen LogP contribution in [0, 0.1) is 6.92 Å². The maximum absolute atomic E-state index is 5.77. The Morgan fingerprint density at radius 2 is 1.56 bits per heavy atom. The average molecular weight is 260 g/mol. The van der Waals surface area contributed by atoms with Gasteiger partial charge in [-0.15, -0.1) is 11.6 Å². The highest BCUT2D eigenvalue weighted by Gasteiger charge is 1.97. The van der Waals surface area contributed by atoms with E-state index >= 15 is 0 Å². The minimum Gasteiger partial charge on any atom is -0.309 e. The van der Waals surface area contributed by atoms with Gasteiger partial charge in [0.05, 0.1) is 0 Å². The van der Waals surface area contributed by atoms with E-state index in [0.29, 0.717) is 5.88 Å². The second-order valence-electron chi connectivity index (χ2n) is 4.48. The summed E-state index contributed by atoms with van der Waals surface area (Å²) < 4.78 is 0. The van der Waals surface area contributed by atoms with E-state index < -0.39 is 0 Å². The van der Waals surface area contributed by atoms with E-state index in [9.17, 15) is 0 Å². The van der Waals surface area contributed by atoms with Gasteiger partial charge in [0.15, 0.2) is 0 Å². The van der Waals surface area contributed by atoms with Gasteiger partial charge in [-0.05, 0) is 29.2 Å². The van der Waals surface area contributed by atoms with Gasteiger partial charge in [0.25, 0.3) is 0 Å². The Morgan fingerprint density at radius 3 is 2.22 bits per heavy atom. The zero-order chi connectivity index (χ0) is 12.8. The van der Waals surface area contributed by atoms with Crippen LogP contribution < -0.4 is 5.32 Å². The standard InChI is InChI=1S/C16H18ClN/c1-13-4-2-3-5-16(13)12-18-11-15-8-6-14(10-17)7-9-15/h2-9,18H,10-12H2,1H3. The first-order valence-electron chi connectivity index (χ1n) is 6.18. The number of benzene rings is 2. The maximum Gasteiger partial charge on any atom is 0.0474 e. The topological polar surface area (TPSA) is 12.0 Å². The molecule has 1 nitrogen and oxygen atoms in total. The first-order chi connectivity index (χ1) is 8.79. The summed E-state index contributed by atoms with van der Waals surface area (Å²) in [5.74, 6) is 0.580. The van der Waals surface area contributed by atoms with Gasteiger partial charge < -0.3 is 5.32 Å². The number of alkyl halides is 1. The van der Waals surface area contributed by atoms with Crippen LogP contribution in [0.5, 0.6) is 0 Å². The third kappa shape index (κ3) is 3.59. The van der Waals surface area contributed by atoms with Crippen LogP contribution in [0.2, 0.25) is 0 Å². The van der Waals surface area contributed by atoms with E-state index in [-0.39, 0.29) is 0 Å². The fourth-order valence-electron chi connectivity index (χ4n) is 1.90. The monoisotopic (exact) mass is 259 g/mol. The Balaban J connectivity index is 1.86.